The van der Waals surface area contributed by atoms with Crippen molar-refractivity contribution in [3.05, 3.63) is 69.3 Å². The second-order valence-electron chi connectivity index (χ2n) is 5.68. The van der Waals surface area contributed by atoms with E-state index in [1.54, 1.807) is 12.1 Å². The lowest BCUT2D eigenvalue weighted by molar-refractivity contribution is -0.384. The molecule has 0 unspecified atom stereocenters. The van der Waals surface area contributed by atoms with Crippen molar-refractivity contribution in [2.45, 2.75) is 13.0 Å². The number of rotatable bonds is 4. The van der Waals surface area contributed by atoms with Gasteiger partial charge in [-0.05, 0) is 35.8 Å². The first-order valence-electron chi connectivity index (χ1n) is 7.73. The zero-order valence-electron chi connectivity index (χ0n) is 13.4. The minimum atomic E-state index is -0.367. The van der Waals surface area contributed by atoms with Gasteiger partial charge in [-0.3, -0.25) is 15.5 Å². The third-order valence-electron chi connectivity index (χ3n) is 4.06. The highest BCUT2D eigenvalue weighted by Gasteiger charge is 2.23. The maximum atomic E-state index is 11.5. The Kier molecular flexibility index (Phi) is 4.90. The fourth-order valence-corrected chi connectivity index (χ4v) is 2.96. The van der Waals surface area contributed by atoms with Crippen LogP contribution in [0, 0.1) is 10.1 Å². The van der Waals surface area contributed by atoms with Crippen molar-refractivity contribution in [3.8, 4) is 0 Å². The molecule has 2 aromatic rings. The molecule has 25 heavy (non-hydrogen) atoms. The first-order chi connectivity index (χ1) is 12.0. The fourth-order valence-electron chi connectivity index (χ4n) is 2.91. The van der Waals surface area contributed by atoms with E-state index in [2.05, 4.69) is 34.9 Å². The van der Waals surface area contributed by atoms with Gasteiger partial charge in [0.15, 0.2) is 5.11 Å². The summed E-state index contributed by atoms with van der Waals surface area (Å²) in [5.74, 6) is 0. The molecule has 0 saturated heterocycles. The van der Waals surface area contributed by atoms with Gasteiger partial charge < -0.3 is 10.6 Å². The van der Waals surface area contributed by atoms with Crippen LogP contribution in [0.2, 0.25) is 0 Å². The predicted molar refractivity (Wildman–Crippen MR) is 102 cm³/mol. The number of nitro groups is 1. The summed E-state index contributed by atoms with van der Waals surface area (Å²) < 4.78 is 0. The molecule has 1 aliphatic rings. The summed E-state index contributed by atoms with van der Waals surface area (Å²) in [4.78, 5) is 13.2. The zero-order chi connectivity index (χ0) is 17.8. The third-order valence-corrected chi connectivity index (χ3v) is 4.15. The van der Waals surface area contributed by atoms with E-state index in [0.29, 0.717) is 17.8 Å². The van der Waals surface area contributed by atoms with Crippen LogP contribution >= 0.6 is 12.2 Å². The molecule has 3 rings (SSSR count). The average Bonchev–Trinajstić information content (AvgIpc) is 2.61. The summed E-state index contributed by atoms with van der Waals surface area (Å²) in [6.45, 7) is 1.40. The third kappa shape index (κ3) is 3.92. The molecule has 128 valence electrons. The SMILES string of the molecule is NC(=S)NN=Cc1ccc(N2CCc3ccccc3C2)c([N+](=O)[O-])c1. The first-order valence-corrected chi connectivity index (χ1v) is 8.14. The average molecular weight is 355 g/mol. The van der Waals surface area contributed by atoms with Crippen LogP contribution in [0.15, 0.2) is 47.6 Å². The fraction of sp³-hybridized carbons (Fsp3) is 0.176. The van der Waals surface area contributed by atoms with Crippen LogP contribution < -0.4 is 16.1 Å². The molecule has 0 amide bonds. The molecule has 0 radical (unpaired) electrons. The molecule has 7 nitrogen and oxygen atoms in total. The highest BCUT2D eigenvalue weighted by Crippen LogP contribution is 2.32. The van der Waals surface area contributed by atoms with Crippen molar-refractivity contribution in [2.24, 2.45) is 10.8 Å². The second-order valence-corrected chi connectivity index (χ2v) is 6.12. The minimum Gasteiger partial charge on any atom is -0.375 e. The van der Waals surface area contributed by atoms with Crippen molar-refractivity contribution in [2.75, 3.05) is 11.4 Å². The van der Waals surface area contributed by atoms with Crippen molar-refractivity contribution in [1.82, 2.24) is 5.43 Å². The van der Waals surface area contributed by atoms with E-state index in [0.717, 1.165) is 13.0 Å². The molecule has 0 bridgehead atoms. The van der Waals surface area contributed by atoms with Gasteiger partial charge in [0, 0.05) is 24.7 Å². The molecule has 0 saturated carbocycles. The highest BCUT2D eigenvalue weighted by atomic mass is 32.1. The Morgan fingerprint density at radius 3 is 2.80 bits per heavy atom. The van der Waals surface area contributed by atoms with Gasteiger partial charge >= 0.3 is 0 Å². The van der Waals surface area contributed by atoms with Gasteiger partial charge in [-0.2, -0.15) is 5.10 Å². The monoisotopic (exact) mass is 355 g/mol. The Labute approximate surface area is 150 Å². The maximum absolute atomic E-state index is 11.5. The van der Waals surface area contributed by atoms with Crippen molar-refractivity contribution < 1.29 is 4.92 Å². The lowest BCUT2D eigenvalue weighted by Gasteiger charge is -2.30. The van der Waals surface area contributed by atoms with Crippen molar-refractivity contribution >= 4 is 34.9 Å². The number of anilines is 1. The van der Waals surface area contributed by atoms with E-state index in [4.69, 9.17) is 5.73 Å². The van der Waals surface area contributed by atoms with Gasteiger partial charge in [0.1, 0.15) is 5.69 Å². The number of hydrogen-bond donors (Lipinski definition) is 2. The summed E-state index contributed by atoms with van der Waals surface area (Å²) in [5.41, 5.74) is 11.5. The Balaban J connectivity index is 1.88. The molecule has 3 N–H and O–H groups in total. The summed E-state index contributed by atoms with van der Waals surface area (Å²) in [7, 11) is 0. The van der Waals surface area contributed by atoms with E-state index in [1.807, 2.05) is 17.0 Å². The molecule has 0 aromatic heterocycles. The molecular weight excluding hydrogens is 338 g/mol. The van der Waals surface area contributed by atoms with Crippen LogP contribution in [0.1, 0.15) is 16.7 Å². The van der Waals surface area contributed by atoms with Crippen LogP contribution in [0.3, 0.4) is 0 Å². The Bertz CT molecular complexity index is 853. The van der Waals surface area contributed by atoms with E-state index in [1.165, 1.54) is 23.4 Å². The number of fused-ring (bicyclic) bond motifs is 1. The van der Waals surface area contributed by atoms with E-state index in [-0.39, 0.29) is 15.7 Å². The number of nitrogens with zero attached hydrogens (tertiary/aromatic N) is 3. The number of hydrazone groups is 1. The van der Waals surface area contributed by atoms with E-state index >= 15 is 0 Å². The van der Waals surface area contributed by atoms with E-state index < -0.39 is 0 Å². The smallest absolute Gasteiger partial charge is 0.293 e. The number of nitrogens with one attached hydrogen (secondary N) is 1. The van der Waals surface area contributed by atoms with Crippen molar-refractivity contribution in [3.63, 3.8) is 0 Å². The van der Waals surface area contributed by atoms with Crippen molar-refractivity contribution in [1.29, 1.82) is 0 Å². The lowest BCUT2D eigenvalue weighted by Crippen LogP contribution is -2.30. The van der Waals surface area contributed by atoms with Gasteiger partial charge in [-0.1, -0.05) is 30.3 Å². The highest BCUT2D eigenvalue weighted by molar-refractivity contribution is 7.80. The first kappa shape index (κ1) is 16.8. The van der Waals surface area contributed by atoms with Gasteiger partial charge in [-0.25, -0.2) is 0 Å². The number of nitro benzene ring substituents is 1. The number of benzene rings is 2. The second kappa shape index (κ2) is 7.27. The Morgan fingerprint density at radius 2 is 2.08 bits per heavy atom. The molecule has 0 fully saturated rings. The molecule has 1 aliphatic heterocycles. The Morgan fingerprint density at radius 1 is 1.32 bits per heavy atom. The number of nitrogens with two attached hydrogens (primary N) is 1. The molecule has 2 aromatic carbocycles. The zero-order valence-corrected chi connectivity index (χ0v) is 14.2. The molecule has 0 spiro atoms. The summed E-state index contributed by atoms with van der Waals surface area (Å²) >= 11 is 4.65. The summed E-state index contributed by atoms with van der Waals surface area (Å²) in [6.07, 6.45) is 2.32. The minimum absolute atomic E-state index is 0.0364. The number of thiocarbonyl (C=S) groups is 1. The topological polar surface area (TPSA) is 96.8 Å². The largest absolute Gasteiger partial charge is 0.375 e. The molecule has 0 atom stereocenters. The predicted octanol–water partition coefficient (Wildman–Crippen LogP) is 2.32. The van der Waals surface area contributed by atoms with Crippen LogP contribution in [0.5, 0.6) is 0 Å². The van der Waals surface area contributed by atoms with Crippen LogP contribution in [0.25, 0.3) is 0 Å². The normalized spacial score (nSPS) is 13.5. The quantitative estimate of drug-likeness (QED) is 0.378. The lowest BCUT2D eigenvalue weighted by atomic mass is 9.99. The maximum Gasteiger partial charge on any atom is 0.293 e. The summed E-state index contributed by atoms with van der Waals surface area (Å²) in [5, 5.41) is 15.4. The van der Waals surface area contributed by atoms with Gasteiger partial charge in [0.2, 0.25) is 0 Å². The molecule has 0 aliphatic carbocycles. The molecular formula is C17H17N5O2S. The van der Waals surface area contributed by atoms with Gasteiger partial charge in [-0.15, -0.1) is 0 Å². The van der Waals surface area contributed by atoms with E-state index in [9.17, 15) is 10.1 Å². The number of hydrogen-bond acceptors (Lipinski definition) is 5. The summed E-state index contributed by atoms with van der Waals surface area (Å²) in [6, 6.07) is 13.2. The van der Waals surface area contributed by atoms with Gasteiger partial charge in [0.25, 0.3) is 5.69 Å². The molecule has 1 heterocycles. The molecule has 8 heteroatoms. The van der Waals surface area contributed by atoms with Crippen LogP contribution in [-0.4, -0.2) is 22.8 Å². The standard InChI is InChI=1S/C17H17N5O2S/c18-17(25)20-19-10-12-5-6-15(16(9-12)22(23)24)21-8-7-13-3-1-2-4-14(13)11-21/h1-6,9-10H,7-8,11H2,(H3,18,20,25). The Hall–Kier alpha value is -3.00. The van der Waals surface area contributed by atoms with Crippen LogP contribution in [-0.2, 0) is 13.0 Å². The van der Waals surface area contributed by atoms with Gasteiger partial charge in [0.05, 0.1) is 11.1 Å². The van der Waals surface area contributed by atoms with Crippen LogP contribution in [0.4, 0.5) is 11.4 Å².